The van der Waals surface area contributed by atoms with E-state index in [2.05, 4.69) is 31.2 Å². The fourth-order valence-corrected chi connectivity index (χ4v) is 1.65. The number of anilines is 1. The third-order valence-corrected chi connectivity index (χ3v) is 2.42. The number of aromatic nitrogens is 2. The smallest absolute Gasteiger partial charge is 0.255 e. The number of alkyl halides is 2. The standard InChI is InChI=1S/C10H8BrF2N3/c11-6-3-8-10(16-4-6)7(1-2-14-8)15-5-9(12)13/h1-4,9H,5H2,(H,14,15). The van der Waals surface area contributed by atoms with Crippen LogP contribution in [0, 0.1) is 0 Å². The molecule has 2 rings (SSSR count). The molecule has 0 atom stereocenters. The van der Waals surface area contributed by atoms with Crippen molar-refractivity contribution in [1.82, 2.24) is 9.97 Å². The summed E-state index contributed by atoms with van der Waals surface area (Å²) in [4.78, 5) is 8.25. The number of hydrogen-bond acceptors (Lipinski definition) is 3. The number of pyridine rings is 2. The van der Waals surface area contributed by atoms with Crippen molar-refractivity contribution in [3.05, 3.63) is 29.0 Å². The first-order chi connectivity index (χ1) is 7.66. The van der Waals surface area contributed by atoms with E-state index in [0.717, 1.165) is 4.47 Å². The average molecular weight is 288 g/mol. The fraction of sp³-hybridized carbons (Fsp3) is 0.200. The number of nitrogens with one attached hydrogen (secondary N) is 1. The van der Waals surface area contributed by atoms with Gasteiger partial charge in [-0.05, 0) is 28.1 Å². The van der Waals surface area contributed by atoms with Crippen LogP contribution in [0.4, 0.5) is 14.5 Å². The summed E-state index contributed by atoms with van der Waals surface area (Å²) in [5.41, 5.74) is 1.82. The minimum absolute atomic E-state index is 0.392. The van der Waals surface area contributed by atoms with Gasteiger partial charge in [0.15, 0.2) is 0 Å². The minimum Gasteiger partial charge on any atom is -0.377 e. The van der Waals surface area contributed by atoms with Crippen molar-refractivity contribution in [2.24, 2.45) is 0 Å². The van der Waals surface area contributed by atoms with Crippen LogP contribution in [-0.2, 0) is 0 Å². The zero-order valence-electron chi connectivity index (χ0n) is 8.12. The Hall–Kier alpha value is -1.30. The highest BCUT2D eigenvalue weighted by atomic mass is 79.9. The molecule has 0 saturated heterocycles. The summed E-state index contributed by atoms with van der Waals surface area (Å²) in [5, 5.41) is 2.64. The first kappa shape index (κ1) is 11.2. The van der Waals surface area contributed by atoms with E-state index in [1.807, 2.05) is 0 Å². The number of fused-ring (bicyclic) bond motifs is 1. The molecule has 0 fully saturated rings. The highest BCUT2D eigenvalue weighted by Gasteiger charge is 2.06. The molecule has 84 valence electrons. The number of rotatable bonds is 3. The summed E-state index contributed by atoms with van der Waals surface area (Å²) >= 11 is 3.28. The molecule has 0 aliphatic carbocycles. The third kappa shape index (κ3) is 2.44. The van der Waals surface area contributed by atoms with Gasteiger partial charge in [0.25, 0.3) is 6.43 Å². The Morgan fingerprint density at radius 3 is 2.94 bits per heavy atom. The second-order valence-corrected chi connectivity index (χ2v) is 4.07. The summed E-state index contributed by atoms with van der Waals surface area (Å²) in [5.74, 6) is 0. The molecule has 6 heteroatoms. The number of nitrogens with zero attached hydrogens (tertiary/aromatic N) is 2. The molecule has 16 heavy (non-hydrogen) atoms. The lowest BCUT2D eigenvalue weighted by atomic mass is 10.3. The van der Waals surface area contributed by atoms with E-state index in [1.54, 1.807) is 24.5 Å². The highest BCUT2D eigenvalue weighted by Crippen LogP contribution is 2.21. The Morgan fingerprint density at radius 2 is 2.19 bits per heavy atom. The molecule has 0 amide bonds. The molecular formula is C10H8BrF2N3. The summed E-state index contributed by atoms with van der Waals surface area (Å²) in [6.45, 7) is -0.392. The summed E-state index contributed by atoms with van der Waals surface area (Å²) in [6, 6.07) is 3.42. The van der Waals surface area contributed by atoms with Crippen molar-refractivity contribution in [3.63, 3.8) is 0 Å². The lowest BCUT2D eigenvalue weighted by Gasteiger charge is -2.07. The third-order valence-electron chi connectivity index (χ3n) is 1.99. The van der Waals surface area contributed by atoms with Gasteiger partial charge in [-0.25, -0.2) is 8.78 Å². The molecule has 0 aliphatic rings. The second kappa shape index (κ2) is 4.69. The molecule has 2 aromatic heterocycles. The SMILES string of the molecule is FC(F)CNc1ccnc2cc(Br)cnc12. The van der Waals surface area contributed by atoms with Crippen LogP contribution in [0.25, 0.3) is 11.0 Å². The predicted molar refractivity (Wildman–Crippen MR) is 61.7 cm³/mol. The van der Waals surface area contributed by atoms with Gasteiger partial charge < -0.3 is 5.32 Å². The van der Waals surface area contributed by atoms with E-state index in [1.165, 1.54) is 0 Å². The van der Waals surface area contributed by atoms with Crippen LogP contribution >= 0.6 is 15.9 Å². The van der Waals surface area contributed by atoms with Crippen LogP contribution in [0.1, 0.15) is 0 Å². The molecule has 2 heterocycles. The van der Waals surface area contributed by atoms with Gasteiger partial charge in [0, 0.05) is 16.9 Å². The zero-order valence-corrected chi connectivity index (χ0v) is 9.71. The van der Waals surface area contributed by atoms with Gasteiger partial charge in [-0.15, -0.1) is 0 Å². The Kier molecular flexibility index (Phi) is 3.28. The van der Waals surface area contributed by atoms with Crippen molar-refractivity contribution in [1.29, 1.82) is 0 Å². The number of hydrogen-bond donors (Lipinski definition) is 1. The molecule has 0 aliphatic heterocycles. The van der Waals surface area contributed by atoms with Crippen LogP contribution in [0.2, 0.25) is 0 Å². The van der Waals surface area contributed by atoms with Crippen LogP contribution in [-0.4, -0.2) is 22.9 Å². The largest absolute Gasteiger partial charge is 0.377 e. The summed E-state index contributed by atoms with van der Waals surface area (Å²) in [6.07, 6.45) is 0.778. The average Bonchev–Trinajstić information content (AvgIpc) is 2.25. The molecule has 0 saturated carbocycles. The van der Waals surface area contributed by atoms with Gasteiger partial charge in [-0.2, -0.15) is 0 Å². The quantitative estimate of drug-likeness (QED) is 0.943. The Morgan fingerprint density at radius 1 is 1.38 bits per heavy atom. The maximum atomic E-state index is 12.1. The molecule has 3 nitrogen and oxygen atoms in total. The van der Waals surface area contributed by atoms with Crippen molar-refractivity contribution < 1.29 is 8.78 Å². The minimum atomic E-state index is -2.39. The van der Waals surface area contributed by atoms with Gasteiger partial charge in [-0.3, -0.25) is 9.97 Å². The van der Waals surface area contributed by atoms with Gasteiger partial charge in [-0.1, -0.05) is 0 Å². The molecule has 0 radical (unpaired) electrons. The number of halogens is 3. The first-order valence-electron chi connectivity index (χ1n) is 4.59. The normalized spacial score (nSPS) is 11.0. The Balaban J connectivity index is 2.38. The maximum absolute atomic E-state index is 12.1. The van der Waals surface area contributed by atoms with Gasteiger partial charge in [0.2, 0.25) is 0 Å². The van der Waals surface area contributed by atoms with E-state index < -0.39 is 13.0 Å². The lowest BCUT2D eigenvalue weighted by Crippen LogP contribution is -2.10. The van der Waals surface area contributed by atoms with Crippen LogP contribution in [0.15, 0.2) is 29.0 Å². The van der Waals surface area contributed by atoms with Crippen LogP contribution < -0.4 is 5.32 Å². The van der Waals surface area contributed by atoms with Crippen molar-refractivity contribution in [3.8, 4) is 0 Å². The van der Waals surface area contributed by atoms with Crippen LogP contribution in [0.5, 0.6) is 0 Å². The van der Waals surface area contributed by atoms with Crippen molar-refractivity contribution >= 4 is 32.7 Å². The molecule has 0 aromatic carbocycles. The van der Waals surface area contributed by atoms with Gasteiger partial charge >= 0.3 is 0 Å². The first-order valence-corrected chi connectivity index (χ1v) is 5.38. The van der Waals surface area contributed by atoms with E-state index >= 15 is 0 Å². The molecule has 0 unspecified atom stereocenters. The monoisotopic (exact) mass is 287 g/mol. The maximum Gasteiger partial charge on any atom is 0.255 e. The molecule has 2 aromatic rings. The lowest BCUT2D eigenvalue weighted by molar-refractivity contribution is 0.163. The van der Waals surface area contributed by atoms with E-state index in [0.29, 0.717) is 16.7 Å². The summed E-state index contributed by atoms with van der Waals surface area (Å²) < 4.78 is 25.0. The molecule has 0 spiro atoms. The highest BCUT2D eigenvalue weighted by molar-refractivity contribution is 9.10. The molecular weight excluding hydrogens is 280 g/mol. The summed E-state index contributed by atoms with van der Waals surface area (Å²) in [7, 11) is 0. The van der Waals surface area contributed by atoms with Crippen molar-refractivity contribution in [2.45, 2.75) is 6.43 Å². The topological polar surface area (TPSA) is 37.8 Å². The zero-order chi connectivity index (χ0) is 11.5. The van der Waals surface area contributed by atoms with Crippen molar-refractivity contribution in [2.75, 3.05) is 11.9 Å². The second-order valence-electron chi connectivity index (χ2n) is 3.15. The van der Waals surface area contributed by atoms with E-state index in [9.17, 15) is 8.78 Å². The van der Waals surface area contributed by atoms with E-state index in [-0.39, 0.29) is 0 Å². The predicted octanol–water partition coefficient (Wildman–Crippen LogP) is 3.07. The molecule has 0 bridgehead atoms. The Labute approximate surface area is 99.0 Å². The van der Waals surface area contributed by atoms with Gasteiger partial charge in [0.05, 0.1) is 17.7 Å². The van der Waals surface area contributed by atoms with Crippen LogP contribution in [0.3, 0.4) is 0 Å². The van der Waals surface area contributed by atoms with Gasteiger partial charge in [0.1, 0.15) is 5.52 Å². The molecule has 1 N–H and O–H groups in total. The fourth-order valence-electron chi connectivity index (χ4n) is 1.34. The van der Waals surface area contributed by atoms with E-state index in [4.69, 9.17) is 0 Å². The Bertz CT molecular complexity index is 504.